The van der Waals surface area contributed by atoms with Crippen molar-refractivity contribution in [3.8, 4) is 0 Å². The zero-order valence-corrected chi connectivity index (χ0v) is 11.4. The number of anilines is 1. The van der Waals surface area contributed by atoms with Crippen molar-refractivity contribution in [2.24, 2.45) is 0 Å². The van der Waals surface area contributed by atoms with Gasteiger partial charge in [0.25, 0.3) is 0 Å². The minimum atomic E-state index is -4.57. The Labute approximate surface area is 119 Å². The molecule has 0 radical (unpaired) electrons. The van der Waals surface area contributed by atoms with Gasteiger partial charge in [0, 0.05) is 37.3 Å². The summed E-state index contributed by atoms with van der Waals surface area (Å²) in [7, 11) is 0. The highest BCUT2D eigenvalue weighted by Gasteiger charge is 2.34. The van der Waals surface area contributed by atoms with Crippen LogP contribution in [0.15, 0.2) is 18.2 Å². The van der Waals surface area contributed by atoms with E-state index in [0.717, 1.165) is 6.07 Å². The van der Waals surface area contributed by atoms with Crippen LogP contribution in [0.4, 0.5) is 18.9 Å². The Kier molecular flexibility index (Phi) is 4.20. The molecule has 0 aliphatic carbocycles. The quantitative estimate of drug-likeness (QED) is 0.871. The lowest BCUT2D eigenvalue weighted by atomic mass is 10.1. The van der Waals surface area contributed by atoms with Crippen LogP contribution in [-0.4, -0.2) is 31.3 Å². The van der Waals surface area contributed by atoms with Crippen molar-refractivity contribution in [3.05, 3.63) is 29.3 Å². The Balaban J connectivity index is 2.22. The monoisotopic (exact) mass is 300 g/mol. The number of benzene rings is 1. The van der Waals surface area contributed by atoms with Gasteiger partial charge in [0.2, 0.25) is 5.91 Å². The number of amides is 1. The molecule has 7 heteroatoms. The molecule has 2 rings (SSSR count). The van der Waals surface area contributed by atoms with Crippen LogP contribution in [0, 0.1) is 0 Å². The highest BCUT2D eigenvalue weighted by Crippen LogP contribution is 2.34. The molecule has 1 heterocycles. The van der Waals surface area contributed by atoms with Crippen molar-refractivity contribution in [3.63, 3.8) is 0 Å². The summed E-state index contributed by atoms with van der Waals surface area (Å²) < 4.78 is 38.7. The molecule has 1 atom stereocenters. The van der Waals surface area contributed by atoms with E-state index >= 15 is 0 Å². The van der Waals surface area contributed by atoms with E-state index in [4.69, 9.17) is 0 Å². The minimum Gasteiger partial charge on any atom is -0.369 e. The molecule has 1 aromatic carbocycles. The molecule has 0 spiro atoms. The number of hydrogen-bond donors (Lipinski definition) is 1. The van der Waals surface area contributed by atoms with Gasteiger partial charge in [-0.15, -0.1) is 0 Å². The number of alkyl halides is 3. The molecule has 4 nitrogen and oxygen atoms in total. The SMILES string of the molecule is CC(=O)NC1CCN(c2ccc(C=O)c(C(F)(F)F)c2)C1. The van der Waals surface area contributed by atoms with E-state index < -0.39 is 11.7 Å². The van der Waals surface area contributed by atoms with Crippen LogP contribution in [0.1, 0.15) is 29.3 Å². The van der Waals surface area contributed by atoms with E-state index in [-0.39, 0.29) is 23.8 Å². The first-order valence-electron chi connectivity index (χ1n) is 6.49. The van der Waals surface area contributed by atoms with Crippen molar-refractivity contribution in [2.45, 2.75) is 25.6 Å². The van der Waals surface area contributed by atoms with Crippen molar-refractivity contribution in [1.82, 2.24) is 5.32 Å². The lowest BCUT2D eigenvalue weighted by Crippen LogP contribution is -2.35. The van der Waals surface area contributed by atoms with E-state index in [1.165, 1.54) is 19.1 Å². The van der Waals surface area contributed by atoms with Gasteiger partial charge >= 0.3 is 6.18 Å². The number of nitrogens with zero attached hydrogens (tertiary/aromatic N) is 1. The number of aldehydes is 1. The highest BCUT2D eigenvalue weighted by molar-refractivity contribution is 5.79. The predicted molar refractivity (Wildman–Crippen MR) is 71.3 cm³/mol. The van der Waals surface area contributed by atoms with Crippen LogP contribution in [0.3, 0.4) is 0 Å². The summed E-state index contributed by atoms with van der Waals surface area (Å²) in [4.78, 5) is 23.5. The van der Waals surface area contributed by atoms with Gasteiger partial charge < -0.3 is 10.2 Å². The maximum Gasteiger partial charge on any atom is 0.417 e. The fourth-order valence-corrected chi connectivity index (χ4v) is 2.49. The maximum absolute atomic E-state index is 12.9. The molecular formula is C14H15F3N2O2. The summed E-state index contributed by atoms with van der Waals surface area (Å²) in [6.07, 6.45) is -3.68. The van der Waals surface area contributed by atoms with Gasteiger partial charge in [-0.3, -0.25) is 9.59 Å². The third kappa shape index (κ3) is 3.53. The van der Waals surface area contributed by atoms with Crippen molar-refractivity contribution in [1.29, 1.82) is 0 Å². The summed E-state index contributed by atoms with van der Waals surface area (Å²) in [5, 5.41) is 2.75. The molecule has 1 aromatic rings. The lowest BCUT2D eigenvalue weighted by Gasteiger charge is -2.21. The minimum absolute atomic E-state index is 0.0671. The third-order valence-corrected chi connectivity index (χ3v) is 3.43. The number of halogens is 3. The molecule has 21 heavy (non-hydrogen) atoms. The fourth-order valence-electron chi connectivity index (χ4n) is 2.49. The van der Waals surface area contributed by atoms with Crippen molar-refractivity contribution < 1.29 is 22.8 Å². The normalized spacial score (nSPS) is 18.7. The predicted octanol–water partition coefficient (Wildman–Crippen LogP) is 2.23. The number of hydrogen-bond acceptors (Lipinski definition) is 3. The number of carbonyl (C=O) groups is 2. The van der Waals surface area contributed by atoms with Crippen molar-refractivity contribution >= 4 is 17.9 Å². The van der Waals surface area contributed by atoms with E-state index in [9.17, 15) is 22.8 Å². The van der Waals surface area contributed by atoms with E-state index in [1.807, 2.05) is 0 Å². The summed E-state index contributed by atoms with van der Waals surface area (Å²) in [6.45, 7) is 2.42. The Bertz CT molecular complexity index is 558. The summed E-state index contributed by atoms with van der Waals surface area (Å²) in [5.74, 6) is -0.158. The van der Waals surface area contributed by atoms with Crippen molar-refractivity contribution in [2.75, 3.05) is 18.0 Å². The smallest absolute Gasteiger partial charge is 0.369 e. The van der Waals surface area contributed by atoms with Gasteiger partial charge in [-0.05, 0) is 24.6 Å². The van der Waals surface area contributed by atoms with Crippen LogP contribution in [0.2, 0.25) is 0 Å². The zero-order chi connectivity index (χ0) is 15.6. The molecule has 1 aliphatic rings. The molecule has 1 N–H and O–H groups in total. The Hall–Kier alpha value is -2.05. The van der Waals surface area contributed by atoms with E-state index in [2.05, 4.69) is 5.32 Å². The molecule has 0 bridgehead atoms. The van der Waals surface area contributed by atoms with E-state index in [1.54, 1.807) is 4.90 Å². The topological polar surface area (TPSA) is 49.4 Å². The second-order valence-electron chi connectivity index (χ2n) is 5.02. The zero-order valence-electron chi connectivity index (χ0n) is 11.4. The first-order chi connectivity index (χ1) is 9.81. The Morgan fingerprint density at radius 1 is 1.43 bits per heavy atom. The van der Waals surface area contributed by atoms with Crippen LogP contribution in [-0.2, 0) is 11.0 Å². The van der Waals surface area contributed by atoms with Gasteiger partial charge in [0.1, 0.15) is 0 Å². The van der Waals surface area contributed by atoms with Crippen LogP contribution >= 0.6 is 0 Å². The number of carbonyl (C=O) groups excluding carboxylic acids is 2. The average Bonchev–Trinajstić information content (AvgIpc) is 2.84. The third-order valence-electron chi connectivity index (χ3n) is 3.43. The van der Waals surface area contributed by atoms with Gasteiger partial charge in [0.05, 0.1) is 5.56 Å². The molecule has 114 valence electrons. The second-order valence-corrected chi connectivity index (χ2v) is 5.02. The first-order valence-corrected chi connectivity index (χ1v) is 6.49. The second kappa shape index (κ2) is 5.75. The summed E-state index contributed by atoms with van der Waals surface area (Å²) >= 11 is 0. The van der Waals surface area contributed by atoms with Crippen LogP contribution in [0.25, 0.3) is 0 Å². The molecule has 1 amide bonds. The molecule has 1 unspecified atom stereocenters. The summed E-state index contributed by atoms with van der Waals surface area (Å²) in [6, 6.07) is 3.59. The molecule has 0 aromatic heterocycles. The molecule has 0 saturated carbocycles. The number of nitrogens with one attached hydrogen (secondary N) is 1. The Morgan fingerprint density at radius 3 is 2.71 bits per heavy atom. The fraction of sp³-hybridized carbons (Fsp3) is 0.429. The average molecular weight is 300 g/mol. The molecule has 1 aliphatic heterocycles. The van der Waals surface area contributed by atoms with Crippen LogP contribution in [0.5, 0.6) is 0 Å². The molecule has 1 saturated heterocycles. The standard InChI is InChI=1S/C14H15F3N2O2/c1-9(21)18-11-4-5-19(7-11)12-3-2-10(8-20)13(6-12)14(15,16)17/h2-3,6,8,11H,4-5,7H2,1H3,(H,18,21). The van der Waals surface area contributed by atoms with Gasteiger partial charge in [-0.25, -0.2) is 0 Å². The van der Waals surface area contributed by atoms with Gasteiger partial charge in [-0.1, -0.05) is 0 Å². The maximum atomic E-state index is 12.9. The first kappa shape index (κ1) is 15.3. The summed E-state index contributed by atoms with van der Waals surface area (Å²) in [5.41, 5.74) is -0.900. The lowest BCUT2D eigenvalue weighted by molar-refractivity contribution is -0.137. The molecular weight excluding hydrogens is 285 g/mol. The van der Waals surface area contributed by atoms with Crippen LogP contribution < -0.4 is 10.2 Å². The van der Waals surface area contributed by atoms with Gasteiger partial charge in [-0.2, -0.15) is 13.2 Å². The Morgan fingerprint density at radius 2 is 2.14 bits per heavy atom. The number of rotatable bonds is 3. The molecule has 1 fully saturated rings. The largest absolute Gasteiger partial charge is 0.417 e. The highest BCUT2D eigenvalue weighted by atomic mass is 19.4. The van der Waals surface area contributed by atoms with Gasteiger partial charge in [0.15, 0.2) is 6.29 Å². The van der Waals surface area contributed by atoms with E-state index in [0.29, 0.717) is 25.2 Å².